The Morgan fingerprint density at radius 1 is 1.23 bits per heavy atom. The lowest BCUT2D eigenvalue weighted by Crippen LogP contribution is -2.47. The molecule has 0 aromatic carbocycles. The van der Waals surface area contributed by atoms with Crippen LogP contribution in [0.3, 0.4) is 0 Å². The smallest absolute Gasteiger partial charge is 0.407 e. The van der Waals surface area contributed by atoms with Crippen LogP contribution in [-0.2, 0) is 14.3 Å². The van der Waals surface area contributed by atoms with Crippen LogP contribution in [0.4, 0.5) is 4.79 Å². The van der Waals surface area contributed by atoms with Crippen LogP contribution in [0.2, 0.25) is 0 Å². The van der Waals surface area contributed by atoms with E-state index in [4.69, 9.17) is 9.47 Å². The number of ether oxygens (including phenoxy) is 2. The average Bonchev–Trinajstić information content (AvgIpc) is 2.35. The van der Waals surface area contributed by atoms with Gasteiger partial charge in [0.25, 0.3) is 0 Å². The molecule has 0 saturated carbocycles. The SMILES string of the molecule is CCOCCCC(CNC(=O)OC(C)(C)C)(C(=O)O)C(C)C. The number of rotatable bonds is 9. The molecule has 0 aromatic rings. The molecule has 1 atom stereocenters. The van der Waals surface area contributed by atoms with E-state index in [-0.39, 0.29) is 12.5 Å². The fraction of sp³-hybridized carbons (Fsp3) is 0.875. The molecule has 2 N–H and O–H groups in total. The van der Waals surface area contributed by atoms with Gasteiger partial charge in [0.15, 0.2) is 0 Å². The van der Waals surface area contributed by atoms with Crippen LogP contribution in [0.15, 0.2) is 0 Å². The third-order valence-corrected chi connectivity index (χ3v) is 3.59. The van der Waals surface area contributed by atoms with Crippen molar-refractivity contribution in [2.45, 2.75) is 60.0 Å². The topological polar surface area (TPSA) is 84.9 Å². The summed E-state index contributed by atoms with van der Waals surface area (Å²) < 4.78 is 10.4. The molecule has 0 saturated heterocycles. The van der Waals surface area contributed by atoms with Gasteiger partial charge in [-0.1, -0.05) is 13.8 Å². The van der Waals surface area contributed by atoms with E-state index < -0.39 is 23.1 Å². The largest absolute Gasteiger partial charge is 0.481 e. The maximum absolute atomic E-state index is 11.8. The Morgan fingerprint density at radius 3 is 2.23 bits per heavy atom. The molecule has 0 fully saturated rings. The highest BCUT2D eigenvalue weighted by Gasteiger charge is 2.41. The lowest BCUT2D eigenvalue weighted by molar-refractivity contribution is -0.152. The number of carbonyl (C=O) groups is 2. The number of nitrogens with one attached hydrogen (secondary N) is 1. The Kier molecular flexibility index (Phi) is 8.45. The summed E-state index contributed by atoms with van der Waals surface area (Å²) >= 11 is 0. The molecule has 6 nitrogen and oxygen atoms in total. The molecule has 0 bridgehead atoms. The Morgan fingerprint density at radius 2 is 1.82 bits per heavy atom. The van der Waals surface area contributed by atoms with E-state index in [0.29, 0.717) is 26.1 Å². The first-order valence-corrected chi connectivity index (χ1v) is 7.83. The number of carboxylic acid groups (broad SMARTS) is 1. The van der Waals surface area contributed by atoms with Crippen molar-refractivity contribution in [3.63, 3.8) is 0 Å². The van der Waals surface area contributed by atoms with Crippen molar-refractivity contribution in [2.75, 3.05) is 19.8 Å². The van der Waals surface area contributed by atoms with Gasteiger partial charge in [0.2, 0.25) is 0 Å². The summed E-state index contributed by atoms with van der Waals surface area (Å²) in [5.74, 6) is -1.03. The van der Waals surface area contributed by atoms with E-state index in [1.165, 1.54) is 0 Å². The van der Waals surface area contributed by atoms with Crippen molar-refractivity contribution in [3.05, 3.63) is 0 Å². The fourth-order valence-electron chi connectivity index (χ4n) is 2.19. The third kappa shape index (κ3) is 7.11. The molecule has 0 radical (unpaired) electrons. The van der Waals surface area contributed by atoms with Gasteiger partial charge in [-0.2, -0.15) is 0 Å². The number of aliphatic carboxylic acids is 1. The first kappa shape index (κ1) is 20.7. The molecule has 0 spiro atoms. The molecular formula is C16H31NO5. The molecule has 6 heteroatoms. The molecule has 0 rings (SSSR count). The van der Waals surface area contributed by atoms with E-state index >= 15 is 0 Å². The van der Waals surface area contributed by atoms with Gasteiger partial charge in [0, 0.05) is 19.8 Å². The van der Waals surface area contributed by atoms with Gasteiger partial charge in [-0.25, -0.2) is 4.79 Å². The molecule has 130 valence electrons. The molecule has 0 aliphatic rings. The minimum absolute atomic E-state index is 0.0427. The zero-order valence-electron chi connectivity index (χ0n) is 14.7. The van der Waals surface area contributed by atoms with Gasteiger partial charge in [0.05, 0.1) is 5.41 Å². The monoisotopic (exact) mass is 317 g/mol. The van der Waals surface area contributed by atoms with Crippen molar-refractivity contribution in [3.8, 4) is 0 Å². The molecule has 0 heterocycles. The Balaban J connectivity index is 4.78. The highest BCUT2D eigenvalue weighted by Crippen LogP contribution is 2.33. The minimum atomic E-state index is -1.02. The maximum atomic E-state index is 11.8. The lowest BCUT2D eigenvalue weighted by Gasteiger charge is -2.34. The summed E-state index contributed by atoms with van der Waals surface area (Å²) in [6.45, 7) is 12.1. The van der Waals surface area contributed by atoms with Gasteiger partial charge < -0.3 is 19.9 Å². The van der Waals surface area contributed by atoms with Crippen LogP contribution in [0, 0.1) is 11.3 Å². The van der Waals surface area contributed by atoms with Crippen molar-refractivity contribution < 1.29 is 24.2 Å². The second kappa shape index (κ2) is 8.98. The Bertz CT molecular complexity index is 362. The van der Waals surface area contributed by atoms with E-state index in [0.717, 1.165) is 0 Å². The summed E-state index contributed by atoms with van der Waals surface area (Å²) in [5, 5.41) is 12.3. The second-order valence-corrected chi connectivity index (χ2v) is 6.77. The van der Waals surface area contributed by atoms with Gasteiger partial charge in [-0.05, 0) is 46.5 Å². The predicted molar refractivity (Wildman–Crippen MR) is 84.9 cm³/mol. The number of amides is 1. The van der Waals surface area contributed by atoms with Gasteiger partial charge >= 0.3 is 12.1 Å². The fourth-order valence-corrected chi connectivity index (χ4v) is 2.19. The molecule has 22 heavy (non-hydrogen) atoms. The minimum Gasteiger partial charge on any atom is -0.481 e. The van der Waals surface area contributed by atoms with E-state index in [1.54, 1.807) is 20.8 Å². The summed E-state index contributed by atoms with van der Waals surface area (Å²) in [4.78, 5) is 23.6. The highest BCUT2D eigenvalue weighted by atomic mass is 16.6. The normalized spacial score (nSPS) is 14.5. The highest BCUT2D eigenvalue weighted by molar-refractivity contribution is 5.76. The molecule has 1 unspecified atom stereocenters. The van der Waals surface area contributed by atoms with Gasteiger partial charge in [-0.3, -0.25) is 4.79 Å². The molecule has 0 aliphatic heterocycles. The summed E-state index contributed by atoms with van der Waals surface area (Å²) in [7, 11) is 0. The standard InChI is InChI=1S/C16H31NO5/c1-7-21-10-8-9-16(12(2)3,13(18)19)11-17-14(20)22-15(4,5)6/h12H,7-11H2,1-6H3,(H,17,20)(H,18,19). The van der Waals surface area contributed by atoms with Crippen LogP contribution in [0.25, 0.3) is 0 Å². The zero-order chi connectivity index (χ0) is 17.4. The third-order valence-electron chi connectivity index (χ3n) is 3.59. The lowest BCUT2D eigenvalue weighted by atomic mass is 9.73. The van der Waals surface area contributed by atoms with E-state index in [9.17, 15) is 14.7 Å². The number of hydrogen-bond donors (Lipinski definition) is 2. The average molecular weight is 317 g/mol. The quantitative estimate of drug-likeness (QED) is 0.638. The van der Waals surface area contributed by atoms with Crippen molar-refractivity contribution in [1.82, 2.24) is 5.32 Å². The summed E-state index contributed by atoms with van der Waals surface area (Å²) in [6.07, 6.45) is 0.480. The predicted octanol–water partition coefficient (Wildman–Crippen LogP) is 3.05. The van der Waals surface area contributed by atoms with E-state index in [1.807, 2.05) is 20.8 Å². The molecule has 0 aliphatic carbocycles. The first-order valence-electron chi connectivity index (χ1n) is 7.83. The number of hydrogen-bond acceptors (Lipinski definition) is 4. The zero-order valence-corrected chi connectivity index (χ0v) is 14.7. The summed E-state index contributed by atoms with van der Waals surface area (Å²) in [6, 6.07) is 0. The molecule has 0 aromatic heterocycles. The molecular weight excluding hydrogens is 286 g/mol. The Labute approximate surface area is 133 Å². The summed E-state index contributed by atoms with van der Waals surface area (Å²) in [5.41, 5.74) is -1.63. The molecule has 1 amide bonds. The maximum Gasteiger partial charge on any atom is 0.407 e. The van der Waals surface area contributed by atoms with Crippen LogP contribution in [0.5, 0.6) is 0 Å². The van der Waals surface area contributed by atoms with Crippen molar-refractivity contribution in [2.24, 2.45) is 11.3 Å². The van der Waals surface area contributed by atoms with Crippen LogP contribution in [-0.4, -0.2) is 42.5 Å². The van der Waals surface area contributed by atoms with Crippen molar-refractivity contribution in [1.29, 1.82) is 0 Å². The van der Waals surface area contributed by atoms with E-state index in [2.05, 4.69) is 5.32 Å². The Hall–Kier alpha value is -1.30. The van der Waals surface area contributed by atoms with Crippen LogP contribution in [0.1, 0.15) is 54.4 Å². The van der Waals surface area contributed by atoms with Crippen LogP contribution < -0.4 is 5.32 Å². The van der Waals surface area contributed by atoms with Crippen LogP contribution >= 0.6 is 0 Å². The van der Waals surface area contributed by atoms with Gasteiger partial charge in [-0.15, -0.1) is 0 Å². The first-order chi connectivity index (χ1) is 10.0. The van der Waals surface area contributed by atoms with Crippen molar-refractivity contribution >= 4 is 12.1 Å². The number of carbonyl (C=O) groups excluding carboxylic acids is 1. The second-order valence-electron chi connectivity index (χ2n) is 6.77. The number of carboxylic acids is 1. The number of alkyl carbamates (subject to hydrolysis) is 1. The van der Waals surface area contributed by atoms with Gasteiger partial charge in [0.1, 0.15) is 5.60 Å².